The number of carbonyl (C=O) groups excluding carboxylic acids is 1. The van der Waals surface area contributed by atoms with E-state index in [1.54, 1.807) is 13.0 Å². The molecule has 0 saturated carbocycles. The molecular formula is C20H24N4O3S. The van der Waals surface area contributed by atoms with Gasteiger partial charge >= 0.3 is 0 Å². The van der Waals surface area contributed by atoms with E-state index in [4.69, 9.17) is 12.2 Å². The summed E-state index contributed by atoms with van der Waals surface area (Å²) in [5.41, 5.74) is 3.47. The summed E-state index contributed by atoms with van der Waals surface area (Å²) in [5.74, 6) is -0.502. The van der Waals surface area contributed by atoms with Gasteiger partial charge in [-0.2, -0.15) is 0 Å². The number of hydrogen-bond donors (Lipinski definition) is 2. The number of nitro groups is 1. The second-order valence-electron chi connectivity index (χ2n) is 6.34. The number of benzene rings is 2. The number of amides is 1. The Balaban J connectivity index is 2.09. The minimum absolute atomic E-state index is 0.102. The van der Waals surface area contributed by atoms with Gasteiger partial charge in [0.05, 0.1) is 4.92 Å². The van der Waals surface area contributed by atoms with Gasteiger partial charge in [-0.15, -0.1) is 0 Å². The van der Waals surface area contributed by atoms with Crippen LogP contribution in [0.25, 0.3) is 0 Å². The van der Waals surface area contributed by atoms with Crippen molar-refractivity contribution in [1.29, 1.82) is 0 Å². The number of rotatable bonds is 6. The molecule has 0 fully saturated rings. The number of nitro benzene ring substituents is 1. The molecule has 0 spiro atoms. The van der Waals surface area contributed by atoms with Crippen LogP contribution in [0.5, 0.6) is 0 Å². The average molecular weight is 401 g/mol. The molecule has 0 saturated heterocycles. The predicted octanol–water partition coefficient (Wildman–Crippen LogP) is 4.18. The number of thiocarbonyl (C=S) groups is 1. The van der Waals surface area contributed by atoms with Crippen molar-refractivity contribution in [3.05, 3.63) is 63.2 Å². The average Bonchev–Trinajstić information content (AvgIpc) is 2.64. The highest BCUT2D eigenvalue weighted by Gasteiger charge is 2.16. The minimum atomic E-state index is -0.510. The van der Waals surface area contributed by atoms with Gasteiger partial charge in [0.25, 0.3) is 11.6 Å². The van der Waals surface area contributed by atoms with E-state index in [1.165, 1.54) is 12.1 Å². The van der Waals surface area contributed by atoms with Crippen molar-refractivity contribution in [2.75, 3.05) is 23.3 Å². The molecule has 0 aliphatic rings. The van der Waals surface area contributed by atoms with Crippen LogP contribution in [0.15, 0.2) is 36.4 Å². The van der Waals surface area contributed by atoms with Crippen LogP contribution in [0.2, 0.25) is 0 Å². The first-order valence-electron chi connectivity index (χ1n) is 8.99. The topological polar surface area (TPSA) is 87.5 Å². The number of carbonyl (C=O) groups is 1. The Hall–Kier alpha value is -3.00. The molecule has 0 heterocycles. The van der Waals surface area contributed by atoms with Gasteiger partial charge in [-0.3, -0.25) is 20.2 Å². The minimum Gasteiger partial charge on any atom is -0.372 e. The summed E-state index contributed by atoms with van der Waals surface area (Å²) in [6.07, 6.45) is 0. The number of anilines is 2. The lowest BCUT2D eigenvalue weighted by atomic mass is 10.1. The fourth-order valence-electron chi connectivity index (χ4n) is 2.85. The Labute approximate surface area is 169 Å². The van der Waals surface area contributed by atoms with Gasteiger partial charge < -0.3 is 10.2 Å². The van der Waals surface area contributed by atoms with Gasteiger partial charge in [-0.05, 0) is 69.7 Å². The molecule has 0 bridgehead atoms. The molecule has 2 N–H and O–H groups in total. The largest absolute Gasteiger partial charge is 0.372 e. The van der Waals surface area contributed by atoms with Crippen molar-refractivity contribution in [1.82, 2.24) is 5.32 Å². The Kier molecular flexibility index (Phi) is 7.06. The van der Waals surface area contributed by atoms with E-state index in [2.05, 4.69) is 35.4 Å². The monoisotopic (exact) mass is 400 g/mol. The van der Waals surface area contributed by atoms with Crippen LogP contribution in [0.3, 0.4) is 0 Å². The van der Waals surface area contributed by atoms with Gasteiger partial charge in [0.15, 0.2) is 5.11 Å². The van der Waals surface area contributed by atoms with Gasteiger partial charge in [0.2, 0.25) is 0 Å². The van der Waals surface area contributed by atoms with Crippen molar-refractivity contribution in [2.45, 2.75) is 27.7 Å². The van der Waals surface area contributed by atoms with Crippen molar-refractivity contribution >= 4 is 40.3 Å². The summed E-state index contributed by atoms with van der Waals surface area (Å²) in [6, 6.07) is 10.3. The third-order valence-electron chi connectivity index (χ3n) is 4.48. The highest BCUT2D eigenvalue weighted by atomic mass is 32.1. The summed E-state index contributed by atoms with van der Waals surface area (Å²) in [7, 11) is 0. The van der Waals surface area contributed by atoms with E-state index in [1.807, 2.05) is 19.1 Å². The Bertz CT molecular complexity index is 910. The molecular weight excluding hydrogens is 376 g/mol. The SMILES string of the molecule is CCN(CC)c1ccc(NC(=S)NC(=O)c2ccc(C)c([N+](=O)[O-])c2)c(C)c1. The third-order valence-corrected chi connectivity index (χ3v) is 4.69. The smallest absolute Gasteiger partial charge is 0.273 e. The molecule has 7 nitrogen and oxygen atoms in total. The standard InChI is InChI=1S/C20H24N4O3S/c1-5-23(6-2)16-9-10-17(14(4)11-16)21-20(28)22-19(25)15-8-7-13(3)18(12-15)24(26)27/h7-12H,5-6H2,1-4H3,(H2,21,22,25,28). The van der Waals surface area contributed by atoms with E-state index < -0.39 is 10.8 Å². The molecule has 0 unspecified atom stereocenters. The van der Waals surface area contributed by atoms with Crippen molar-refractivity contribution in [2.24, 2.45) is 0 Å². The molecule has 0 aliphatic heterocycles. The zero-order valence-corrected chi connectivity index (χ0v) is 17.2. The maximum absolute atomic E-state index is 12.4. The van der Waals surface area contributed by atoms with Crippen molar-refractivity contribution in [3.8, 4) is 0 Å². The fourth-order valence-corrected chi connectivity index (χ4v) is 3.05. The summed E-state index contributed by atoms with van der Waals surface area (Å²) < 4.78 is 0. The molecule has 2 aromatic rings. The molecule has 2 aromatic carbocycles. The second kappa shape index (κ2) is 9.27. The van der Waals surface area contributed by atoms with Crippen LogP contribution in [0.1, 0.15) is 35.3 Å². The molecule has 8 heteroatoms. The van der Waals surface area contributed by atoms with Gasteiger partial charge in [-0.1, -0.05) is 6.07 Å². The lowest BCUT2D eigenvalue weighted by molar-refractivity contribution is -0.385. The van der Waals surface area contributed by atoms with Crippen LogP contribution >= 0.6 is 12.2 Å². The summed E-state index contributed by atoms with van der Waals surface area (Å²) in [6.45, 7) is 9.62. The van der Waals surface area contributed by atoms with E-state index >= 15 is 0 Å². The molecule has 0 radical (unpaired) electrons. The van der Waals surface area contributed by atoms with Crippen LogP contribution < -0.4 is 15.5 Å². The van der Waals surface area contributed by atoms with Crippen LogP contribution in [-0.4, -0.2) is 29.0 Å². The van der Waals surface area contributed by atoms with Gasteiger partial charge in [-0.25, -0.2) is 0 Å². The van der Waals surface area contributed by atoms with E-state index in [0.717, 1.165) is 30.0 Å². The lowest BCUT2D eigenvalue weighted by Crippen LogP contribution is -2.34. The molecule has 1 amide bonds. The van der Waals surface area contributed by atoms with E-state index in [0.29, 0.717) is 5.56 Å². The zero-order chi connectivity index (χ0) is 20.8. The number of hydrogen-bond acceptors (Lipinski definition) is 5. The first-order valence-corrected chi connectivity index (χ1v) is 9.40. The predicted molar refractivity (Wildman–Crippen MR) is 116 cm³/mol. The maximum atomic E-state index is 12.4. The molecule has 2 rings (SSSR count). The summed E-state index contributed by atoms with van der Waals surface area (Å²) in [5, 5.41) is 16.8. The van der Waals surface area contributed by atoms with Crippen LogP contribution in [-0.2, 0) is 0 Å². The van der Waals surface area contributed by atoms with E-state index in [-0.39, 0.29) is 16.4 Å². The molecule has 28 heavy (non-hydrogen) atoms. The van der Waals surface area contributed by atoms with E-state index in [9.17, 15) is 14.9 Å². The fraction of sp³-hybridized carbons (Fsp3) is 0.300. The first-order chi connectivity index (χ1) is 13.3. The van der Waals surface area contributed by atoms with Gasteiger partial charge in [0.1, 0.15) is 0 Å². The Morgan fingerprint density at radius 1 is 1.11 bits per heavy atom. The van der Waals surface area contributed by atoms with Crippen LogP contribution in [0, 0.1) is 24.0 Å². The molecule has 0 aromatic heterocycles. The van der Waals surface area contributed by atoms with Crippen molar-refractivity contribution in [3.63, 3.8) is 0 Å². The number of nitrogens with zero attached hydrogens (tertiary/aromatic N) is 2. The van der Waals surface area contributed by atoms with Crippen molar-refractivity contribution < 1.29 is 9.72 Å². The molecule has 0 atom stereocenters. The molecule has 148 valence electrons. The quantitative estimate of drug-likeness (QED) is 0.430. The third kappa shape index (κ3) is 5.04. The number of nitrogens with one attached hydrogen (secondary N) is 2. The maximum Gasteiger partial charge on any atom is 0.273 e. The summed E-state index contributed by atoms with van der Waals surface area (Å²) >= 11 is 5.22. The molecule has 0 aliphatic carbocycles. The Morgan fingerprint density at radius 3 is 2.36 bits per heavy atom. The first kappa shape index (κ1) is 21.3. The lowest BCUT2D eigenvalue weighted by Gasteiger charge is -2.22. The van der Waals surface area contributed by atoms with Gasteiger partial charge in [0, 0.05) is 41.7 Å². The highest BCUT2D eigenvalue weighted by Crippen LogP contribution is 2.23. The highest BCUT2D eigenvalue weighted by molar-refractivity contribution is 7.80. The summed E-state index contributed by atoms with van der Waals surface area (Å²) in [4.78, 5) is 25.1. The number of aryl methyl sites for hydroxylation is 2. The second-order valence-corrected chi connectivity index (χ2v) is 6.75. The normalized spacial score (nSPS) is 10.3. The Morgan fingerprint density at radius 2 is 1.79 bits per heavy atom. The zero-order valence-electron chi connectivity index (χ0n) is 16.4. The van der Waals surface area contributed by atoms with Crippen LogP contribution in [0.4, 0.5) is 17.1 Å².